The van der Waals surface area contributed by atoms with Crippen LogP contribution in [0.4, 0.5) is 0 Å². The van der Waals surface area contributed by atoms with Crippen LogP contribution in [0.3, 0.4) is 0 Å². The summed E-state index contributed by atoms with van der Waals surface area (Å²) >= 11 is 5.79. The number of ether oxygens (including phenoxy) is 1. The van der Waals surface area contributed by atoms with Gasteiger partial charge in [-0.2, -0.15) is 0 Å². The minimum atomic E-state index is -0.542. The van der Waals surface area contributed by atoms with Crippen LogP contribution in [0.1, 0.15) is 24.2 Å². The van der Waals surface area contributed by atoms with Crippen molar-refractivity contribution in [3.05, 3.63) is 28.8 Å². The Morgan fingerprint density at radius 1 is 1.53 bits per heavy atom. The van der Waals surface area contributed by atoms with Crippen LogP contribution in [0.25, 0.3) is 0 Å². The summed E-state index contributed by atoms with van der Waals surface area (Å²) in [6, 6.07) is 5.23. The van der Waals surface area contributed by atoms with Crippen molar-refractivity contribution in [2.24, 2.45) is 5.73 Å². The van der Waals surface area contributed by atoms with Gasteiger partial charge < -0.3 is 15.8 Å². The topological polar surface area (TPSA) is 64.3 Å². The van der Waals surface area contributed by atoms with Crippen molar-refractivity contribution in [2.45, 2.75) is 19.9 Å². The van der Waals surface area contributed by atoms with Crippen molar-refractivity contribution in [1.82, 2.24) is 5.32 Å². The second-order valence-electron chi connectivity index (χ2n) is 3.96. The Hall–Kier alpha value is -1.26. The predicted octanol–water partition coefficient (Wildman–Crippen LogP) is 1.82. The fraction of sp³-hybridized carbons (Fsp3) is 0.417. The molecule has 0 bridgehead atoms. The Labute approximate surface area is 106 Å². The van der Waals surface area contributed by atoms with Crippen LogP contribution in [0.15, 0.2) is 18.2 Å². The average molecular weight is 257 g/mol. The molecule has 0 aliphatic rings. The first kappa shape index (κ1) is 13.8. The first-order valence-corrected chi connectivity index (χ1v) is 5.84. The highest BCUT2D eigenvalue weighted by molar-refractivity contribution is 6.31. The molecule has 1 aromatic carbocycles. The largest absolute Gasteiger partial charge is 0.491 e. The van der Waals surface area contributed by atoms with E-state index >= 15 is 0 Å². The third kappa shape index (κ3) is 4.63. The summed E-state index contributed by atoms with van der Waals surface area (Å²) < 4.78 is 5.48. The van der Waals surface area contributed by atoms with Gasteiger partial charge in [0.2, 0.25) is 0 Å². The van der Waals surface area contributed by atoms with Crippen LogP contribution >= 0.6 is 11.6 Å². The monoisotopic (exact) mass is 256 g/mol. The fourth-order valence-corrected chi connectivity index (χ4v) is 1.50. The first-order chi connectivity index (χ1) is 8.00. The number of carbonyl (C=O) groups is 1. The molecule has 4 nitrogen and oxygen atoms in total. The number of benzene rings is 1. The molecule has 3 N–H and O–H groups in total. The van der Waals surface area contributed by atoms with Gasteiger partial charge in [-0.3, -0.25) is 4.79 Å². The minimum absolute atomic E-state index is 0.307. The molecule has 0 unspecified atom stereocenters. The van der Waals surface area contributed by atoms with Gasteiger partial charge in [0, 0.05) is 17.6 Å². The number of halogens is 1. The molecule has 0 aliphatic carbocycles. The summed E-state index contributed by atoms with van der Waals surface area (Å²) in [5, 5.41) is 3.67. The molecule has 0 saturated heterocycles. The zero-order valence-electron chi connectivity index (χ0n) is 10.00. The maximum atomic E-state index is 11.2. The van der Waals surface area contributed by atoms with Crippen molar-refractivity contribution in [3.63, 3.8) is 0 Å². The van der Waals surface area contributed by atoms with Crippen LogP contribution in [0.2, 0.25) is 5.02 Å². The van der Waals surface area contributed by atoms with Crippen LogP contribution in [-0.2, 0) is 0 Å². The summed E-state index contributed by atoms with van der Waals surface area (Å²) in [6.07, 6.45) is 0. The van der Waals surface area contributed by atoms with Gasteiger partial charge in [0.15, 0.2) is 0 Å². The molecular weight excluding hydrogens is 240 g/mol. The minimum Gasteiger partial charge on any atom is -0.491 e. The molecule has 1 amide bonds. The summed E-state index contributed by atoms with van der Waals surface area (Å²) in [6.45, 7) is 5.28. The molecule has 1 aromatic rings. The molecule has 1 rings (SSSR count). The van der Waals surface area contributed by atoms with E-state index in [1.54, 1.807) is 12.1 Å². The lowest BCUT2D eigenvalue weighted by Crippen LogP contribution is -2.27. The number of hydrogen-bond acceptors (Lipinski definition) is 3. The fourth-order valence-electron chi connectivity index (χ4n) is 1.33. The van der Waals surface area contributed by atoms with E-state index in [1.165, 1.54) is 6.07 Å². The smallest absolute Gasteiger partial charge is 0.252 e. The Morgan fingerprint density at radius 2 is 2.24 bits per heavy atom. The molecule has 0 atom stereocenters. The van der Waals surface area contributed by atoms with Gasteiger partial charge in [0.1, 0.15) is 12.4 Å². The Kier molecular flexibility index (Phi) is 5.25. The number of rotatable bonds is 6. The normalized spacial score (nSPS) is 10.6. The van der Waals surface area contributed by atoms with E-state index in [4.69, 9.17) is 22.1 Å². The lowest BCUT2D eigenvalue weighted by molar-refractivity contribution is 0.0996. The second kappa shape index (κ2) is 6.47. The number of hydrogen-bond donors (Lipinski definition) is 2. The van der Waals surface area contributed by atoms with Gasteiger partial charge in [0.25, 0.3) is 5.91 Å². The van der Waals surface area contributed by atoms with Crippen molar-refractivity contribution in [2.75, 3.05) is 13.2 Å². The maximum Gasteiger partial charge on any atom is 0.252 e. The first-order valence-electron chi connectivity index (χ1n) is 5.46. The maximum absolute atomic E-state index is 11.2. The van der Waals surface area contributed by atoms with Gasteiger partial charge >= 0.3 is 0 Å². The van der Waals surface area contributed by atoms with Crippen molar-refractivity contribution >= 4 is 17.5 Å². The van der Waals surface area contributed by atoms with Crippen molar-refractivity contribution < 1.29 is 9.53 Å². The van der Waals surface area contributed by atoms with Gasteiger partial charge in [-0.25, -0.2) is 0 Å². The Morgan fingerprint density at radius 3 is 2.82 bits per heavy atom. The van der Waals surface area contributed by atoms with Crippen molar-refractivity contribution in [1.29, 1.82) is 0 Å². The number of carbonyl (C=O) groups excluding carboxylic acids is 1. The summed E-state index contributed by atoms with van der Waals surface area (Å²) in [7, 11) is 0. The second-order valence-corrected chi connectivity index (χ2v) is 4.40. The molecule has 0 heterocycles. The highest BCUT2D eigenvalue weighted by atomic mass is 35.5. The van der Waals surface area contributed by atoms with E-state index in [0.717, 1.165) is 0 Å². The van der Waals surface area contributed by atoms with E-state index in [9.17, 15) is 4.79 Å². The van der Waals surface area contributed by atoms with Gasteiger partial charge in [-0.15, -0.1) is 0 Å². The standard InChI is InChI=1S/C12H17ClN2O2/c1-8(2)15-5-6-17-11-4-3-9(13)7-10(11)12(14)16/h3-4,7-8,15H,5-6H2,1-2H3,(H2,14,16). The lowest BCUT2D eigenvalue weighted by Gasteiger charge is -2.11. The summed E-state index contributed by atoms with van der Waals surface area (Å²) in [5.74, 6) is -0.0771. The molecule has 0 saturated carbocycles. The number of primary amides is 1. The zero-order valence-corrected chi connectivity index (χ0v) is 10.8. The molecule has 0 radical (unpaired) electrons. The highest BCUT2D eigenvalue weighted by Crippen LogP contribution is 2.22. The number of nitrogens with one attached hydrogen (secondary N) is 1. The lowest BCUT2D eigenvalue weighted by atomic mass is 10.2. The van der Waals surface area contributed by atoms with Gasteiger partial charge in [0.05, 0.1) is 5.56 Å². The number of amides is 1. The molecule has 5 heteroatoms. The molecule has 0 aliphatic heterocycles. The molecule has 0 spiro atoms. The van der Waals surface area contributed by atoms with E-state index in [-0.39, 0.29) is 0 Å². The molecule has 94 valence electrons. The van der Waals surface area contributed by atoms with Gasteiger partial charge in [-0.1, -0.05) is 25.4 Å². The van der Waals surface area contributed by atoms with Crippen LogP contribution in [0.5, 0.6) is 5.75 Å². The van der Waals surface area contributed by atoms with E-state index < -0.39 is 5.91 Å². The van der Waals surface area contributed by atoms with Crippen LogP contribution in [-0.4, -0.2) is 25.1 Å². The van der Waals surface area contributed by atoms with Crippen molar-refractivity contribution in [3.8, 4) is 5.75 Å². The van der Waals surface area contributed by atoms with Crippen LogP contribution < -0.4 is 15.8 Å². The third-order valence-electron chi connectivity index (χ3n) is 2.12. The van der Waals surface area contributed by atoms with E-state index in [2.05, 4.69) is 19.2 Å². The SMILES string of the molecule is CC(C)NCCOc1ccc(Cl)cc1C(N)=O. The van der Waals surface area contributed by atoms with E-state index in [1.807, 2.05) is 0 Å². The predicted molar refractivity (Wildman–Crippen MR) is 68.6 cm³/mol. The van der Waals surface area contributed by atoms with Gasteiger partial charge in [-0.05, 0) is 18.2 Å². The average Bonchev–Trinajstić information content (AvgIpc) is 2.25. The Balaban J connectivity index is 2.61. The summed E-state index contributed by atoms with van der Waals surface area (Å²) in [4.78, 5) is 11.2. The summed E-state index contributed by atoms with van der Waals surface area (Å²) in [5.41, 5.74) is 5.55. The Bertz CT molecular complexity index is 394. The van der Waals surface area contributed by atoms with E-state index in [0.29, 0.717) is 35.5 Å². The van der Waals surface area contributed by atoms with Crippen LogP contribution in [0, 0.1) is 0 Å². The molecular formula is C12H17ClN2O2. The molecule has 0 aromatic heterocycles. The molecule has 0 fully saturated rings. The quantitative estimate of drug-likeness (QED) is 0.763. The number of nitrogens with two attached hydrogens (primary N) is 1. The zero-order chi connectivity index (χ0) is 12.8. The molecule has 17 heavy (non-hydrogen) atoms. The highest BCUT2D eigenvalue weighted by Gasteiger charge is 2.09. The third-order valence-corrected chi connectivity index (χ3v) is 2.35.